The van der Waals surface area contributed by atoms with E-state index in [1.807, 2.05) is 37.3 Å². The number of halogens is 1. The summed E-state index contributed by atoms with van der Waals surface area (Å²) in [5, 5.41) is 12.5. The van der Waals surface area contributed by atoms with Crippen LogP contribution in [0, 0.1) is 0 Å². The fraction of sp³-hybridized carbons (Fsp3) is 0.171. The summed E-state index contributed by atoms with van der Waals surface area (Å²) in [6.45, 7) is 3.28. The normalized spacial score (nSPS) is 17.0. The fourth-order valence-electron chi connectivity index (χ4n) is 5.50. The molecule has 2 aliphatic heterocycles. The van der Waals surface area contributed by atoms with Gasteiger partial charge in [-0.3, -0.25) is 14.5 Å². The number of ketones is 1. The number of ether oxygens (including phenoxy) is 4. The van der Waals surface area contributed by atoms with Gasteiger partial charge in [-0.2, -0.15) is 0 Å². The molecule has 1 unspecified atom stereocenters. The molecule has 1 atom stereocenters. The summed E-state index contributed by atoms with van der Waals surface area (Å²) in [7, 11) is 0. The van der Waals surface area contributed by atoms with Gasteiger partial charge in [0.1, 0.15) is 25.6 Å². The van der Waals surface area contributed by atoms with Gasteiger partial charge in [0.2, 0.25) is 0 Å². The van der Waals surface area contributed by atoms with Crippen molar-refractivity contribution in [2.75, 3.05) is 24.7 Å². The van der Waals surface area contributed by atoms with Crippen molar-refractivity contribution in [3.05, 3.63) is 112 Å². The maximum absolute atomic E-state index is 13.8. The van der Waals surface area contributed by atoms with Crippen molar-refractivity contribution >= 4 is 55.7 Å². The Hall–Kier alpha value is -5.06. The van der Waals surface area contributed by atoms with Gasteiger partial charge in [0.05, 0.1) is 28.4 Å². The quantitative estimate of drug-likeness (QED) is 0.105. The van der Waals surface area contributed by atoms with Crippen molar-refractivity contribution in [1.82, 2.24) is 4.98 Å². The zero-order chi connectivity index (χ0) is 31.8. The number of anilines is 1. The summed E-state index contributed by atoms with van der Waals surface area (Å²) >= 11 is 7.46. The third kappa shape index (κ3) is 5.50. The molecule has 1 saturated heterocycles. The molecule has 4 aromatic carbocycles. The topological polar surface area (TPSA) is 107 Å². The molecule has 0 bridgehead atoms. The number of aliphatic hydroxyl groups is 1. The second-order valence-corrected chi connectivity index (χ2v) is 12.0. The zero-order valence-electron chi connectivity index (χ0n) is 24.6. The number of Topliss-reactive ketones (excluding diaryl/α,β-unsaturated/α-hetero) is 1. The maximum Gasteiger partial charge on any atom is 0.301 e. The summed E-state index contributed by atoms with van der Waals surface area (Å²) in [5.41, 5.74) is 2.33. The van der Waals surface area contributed by atoms with Crippen LogP contribution in [0.3, 0.4) is 0 Å². The highest BCUT2D eigenvalue weighted by Gasteiger charge is 2.48. The summed E-state index contributed by atoms with van der Waals surface area (Å²) < 4.78 is 24.2. The SMILES string of the molecule is CCOc1cc(C2C(=C(O)c3ccc4c(c3)OCCO4)C(=O)C(=O)N2c2nc3ccc(Cl)cc3s2)ccc1OCc1ccccc1. The Kier molecular flexibility index (Phi) is 7.98. The summed E-state index contributed by atoms with van der Waals surface area (Å²) in [6.07, 6.45) is 0. The number of hydrogen-bond donors (Lipinski definition) is 1. The summed E-state index contributed by atoms with van der Waals surface area (Å²) in [5.74, 6) is -0.143. The van der Waals surface area contributed by atoms with E-state index in [0.29, 0.717) is 71.1 Å². The average molecular weight is 655 g/mol. The van der Waals surface area contributed by atoms with E-state index in [-0.39, 0.29) is 16.5 Å². The molecule has 1 N–H and O–H groups in total. The molecule has 5 aromatic rings. The minimum atomic E-state index is -1.04. The van der Waals surface area contributed by atoms with E-state index in [4.69, 9.17) is 30.5 Å². The van der Waals surface area contributed by atoms with E-state index in [1.165, 1.54) is 16.2 Å². The molecule has 1 aromatic heterocycles. The first-order valence-corrected chi connectivity index (χ1v) is 15.8. The van der Waals surface area contributed by atoms with E-state index in [1.54, 1.807) is 54.6 Å². The van der Waals surface area contributed by atoms with Gasteiger partial charge in [0.25, 0.3) is 5.78 Å². The maximum atomic E-state index is 13.8. The number of thiazole rings is 1. The van der Waals surface area contributed by atoms with E-state index in [2.05, 4.69) is 4.98 Å². The second kappa shape index (κ2) is 12.4. The Labute approximate surface area is 273 Å². The number of hydrogen-bond acceptors (Lipinski definition) is 9. The number of carbonyl (C=O) groups is 2. The fourth-order valence-corrected chi connectivity index (χ4v) is 6.77. The molecule has 0 saturated carbocycles. The van der Waals surface area contributed by atoms with Gasteiger partial charge in [0, 0.05) is 10.6 Å². The molecular weight excluding hydrogens is 628 g/mol. The van der Waals surface area contributed by atoms with Gasteiger partial charge >= 0.3 is 5.91 Å². The molecule has 7 rings (SSSR count). The first-order chi connectivity index (χ1) is 22.4. The van der Waals surface area contributed by atoms with Gasteiger partial charge in [0.15, 0.2) is 28.1 Å². The Bertz CT molecular complexity index is 2010. The Balaban J connectivity index is 1.36. The lowest BCUT2D eigenvalue weighted by Crippen LogP contribution is -2.29. The number of amides is 1. The third-order valence-corrected chi connectivity index (χ3v) is 8.88. The second-order valence-electron chi connectivity index (χ2n) is 10.5. The first-order valence-electron chi connectivity index (χ1n) is 14.6. The van der Waals surface area contributed by atoms with Gasteiger partial charge in [-0.05, 0) is 66.6 Å². The van der Waals surface area contributed by atoms with Crippen LogP contribution in [0.25, 0.3) is 16.0 Å². The van der Waals surface area contributed by atoms with Gasteiger partial charge in [-0.25, -0.2) is 4.98 Å². The number of carbonyl (C=O) groups excluding carboxylic acids is 2. The van der Waals surface area contributed by atoms with Crippen molar-refractivity contribution in [3.8, 4) is 23.0 Å². The standard InChI is InChI=1S/C35H27ClN2O7S/c1-2-42-27-16-21(8-12-26(27)45-19-20-6-4-3-5-7-20)31-30(32(39)22-9-13-25-28(17-22)44-15-14-43-25)33(40)34(41)38(31)35-37-24-11-10-23(36)18-29(24)46-35/h3-13,16-18,31,39H,2,14-15,19H2,1H3. The molecule has 0 spiro atoms. The molecule has 0 aliphatic carbocycles. The molecule has 0 radical (unpaired) electrons. The van der Waals surface area contributed by atoms with Gasteiger partial charge in [-0.1, -0.05) is 59.3 Å². The van der Waals surface area contributed by atoms with Crippen molar-refractivity contribution < 1.29 is 33.6 Å². The van der Waals surface area contributed by atoms with Crippen LogP contribution in [0.5, 0.6) is 23.0 Å². The Morgan fingerprint density at radius 3 is 2.57 bits per heavy atom. The van der Waals surface area contributed by atoms with Crippen LogP contribution in [0.1, 0.15) is 29.7 Å². The monoisotopic (exact) mass is 654 g/mol. The summed E-state index contributed by atoms with van der Waals surface area (Å²) in [6, 6.07) is 24.0. The summed E-state index contributed by atoms with van der Waals surface area (Å²) in [4.78, 5) is 33.6. The zero-order valence-corrected chi connectivity index (χ0v) is 26.1. The molecule has 232 valence electrons. The highest BCUT2D eigenvalue weighted by Crippen LogP contribution is 2.46. The Morgan fingerprint density at radius 2 is 1.76 bits per heavy atom. The predicted molar refractivity (Wildman–Crippen MR) is 175 cm³/mol. The van der Waals surface area contributed by atoms with Crippen LogP contribution in [0.2, 0.25) is 5.02 Å². The van der Waals surface area contributed by atoms with E-state index >= 15 is 0 Å². The van der Waals surface area contributed by atoms with Crippen molar-refractivity contribution in [3.63, 3.8) is 0 Å². The minimum absolute atomic E-state index is 0.0978. The van der Waals surface area contributed by atoms with Crippen molar-refractivity contribution in [1.29, 1.82) is 0 Å². The number of fused-ring (bicyclic) bond motifs is 2. The number of aliphatic hydroxyl groups excluding tert-OH is 1. The molecule has 11 heteroatoms. The third-order valence-electron chi connectivity index (χ3n) is 7.63. The highest BCUT2D eigenvalue weighted by molar-refractivity contribution is 7.22. The lowest BCUT2D eigenvalue weighted by molar-refractivity contribution is -0.132. The molecule has 2 aliphatic rings. The largest absolute Gasteiger partial charge is 0.507 e. The molecule has 1 amide bonds. The first kappa shape index (κ1) is 29.6. The van der Waals surface area contributed by atoms with Crippen LogP contribution in [-0.4, -0.2) is 41.6 Å². The van der Waals surface area contributed by atoms with E-state index in [9.17, 15) is 14.7 Å². The van der Waals surface area contributed by atoms with Gasteiger partial charge < -0.3 is 24.1 Å². The molecular formula is C35H27ClN2O7S. The molecule has 9 nitrogen and oxygen atoms in total. The van der Waals surface area contributed by atoms with Crippen LogP contribution >= 0.6 is 22.9 Å². The van der Waals surface area contributed by atoms with E-state index in [0.717, 1.165) is 10.3 Å². The molecule has 3 heterocycles. The number of benzene rings is 4. The van der Waals surface area contributed by atoms with Crippen LogP contribution in [0.15, 0.2) is 90.5 Å². The van der Waals surface area contributed by atoms with Crippen LogP contribution in [-0.2, 0) is 16.2 Å². The lowest BCUT2D eigenvalue weighted by Gasteiger charge is -2.24. The lowest BCUT2D eigenvalue weighted by atomic mass is 9.95. The molecule has 46 heavy (non-hydrogen) atoms. The van der Waals surface area contributed by atoms with E-state index < -0.39 is 17.7 Å². The number of nitrogens with zero attached hydrogens (tertiary/aromatic N) is 2. The smallest absolute Gasteiger partial charge is 0.301 e. The van der Waals surface area contributed by atoms with Crippen molar-refractivity contribution in [2.24, 2.45) is 0 Å². The Morgan fingerprint density at radius 1 is 0.957 bits per heavy atom. The number of aromatic nitrogens is 1. The average Bonchev–Trinajstić information content (AvgIpc) is 3.61. The van der Waals surface area contributed by atoms with Crippen LogP contribution < -0.4 is 23.8 Å². The van der Waals surface area contributed by atoms with Gasteiger partial charge in [-0.15, -0.1) is 0 Å². The number of rotatable bonds is 8. The van der Waals surface area contributed by atoms with Crippen molar-refractivity contribution in [2.45, 2.75) is 19.6 Å². The minimum Gasteiger partial charge on any atom is -0.507 e. The predicted octanol–water partition coefficient (Wildman–Crippen LogP) is 7.32. The highest BCUT2D eigenvalue weighted by atomic mass is 35.5. The van der Waals surface area contributed by atoms with Crippen LogP contribution in [0.4, 0.5) is 5.13 Å². The molecule has 1 fully saturated rings.